The van der Waals surface area contributed by atoms with Gasteiger partial charge < -0.3 is 10.2 Å². The van der Waals surface area contributed by atoms with E-state index in [2.05, 4.69) is 240 Å². The number of hydrogen-bond acceptors (Lipinski definition) is 3. The maximum Gasteiger partial charge on any atom is 0.104 e. The summed E-state index contributed by atoms with van der Waals surface area (Å²) in [6.07, 6.45) is 2.28. The first-order valence-corrected chi connectivity index (χ1v) is 20.9. The van der Waals surface area contributed by atoms with E-state index < -0.39 is 5.41 Å². The lowest BCUT2D eigenvalue weighted by Gasteiger charge is -2.45. The number of nitrogens with one attached hydrogen (secondary N) is 2. The summed E-state index contributed by atoms with van der Waals surface area (Å²) in [7, 11) is 0. The smallest absolute Gasteiger partial charge is 0.104 e. The van der Waals surface area contributed by atoms with Crippen molar-refractivity contribution in [1.82, 2.24) is 10.6 Å². The van der Waals surface area contributed by atoms with E-state index in [1.54, 1.807) is 0 Å². The molecule has 2 unspecified atom stereocenters. The van der Waals surface area contributed by atoms with E-state index in [-0.39, 0.29) is 12.2 Å². The zero-order chi connectivity index (χ0) is 39.6. The molecule has 3 nitrogen and oxygen atoms in total. The van der Waals surface area contributed by atoms with Crippen LogP contribution in [0.15, 0.2) is 224 Å². The molecule has 9 aromatic carbocycles. The van der Waals surface area contributed by atoms with Crippen LogP contribution in [0.25, 0.3) is 38.7 Å². The number of rotatable bonds is 5. The van der Waals surface area contributed by atoms with Gasteiger partial charge in [0.15, 0.2) is 0 Å². The molecule has 9 aromatic rings. The zero-order valence-electron chi connectivity index (χ0n) is 33.0. The molecule has 2 heterocycles. The van der Waals surface area contributed by atoms with Crippen molar-refractivity contribution < 1.29 is 0 Å². The van der Waals surface area contributed by atoms with E-state index in [0.717, 1.165) is 16.9 Å². The van der Waals surface area contributed by atoms with E-state index in [9.17, 15) is 0 Å². The van der Waals surface area contributed by atoms with E-state index in [1.807, 2.05) is 0 Å². The Hall–Kier alpha value is -7.46. The second kappa shape index (κ2) is 13.8. The molecule has 0 amide bonds. The van der Waals surface area contributed by atoms with E-state index in [1.165, 1.54) is 77.8 Å². The number of benzene rings is 9. The predicted molar refractivity (Wildman–Crippen MR) is 248 cm³/mol. The topological polar surface area (TPSA) is 27.3 Å². The SMILES string of the molecule is C1=C(c2ccc(-c3ccccc3)cc2)NC(c2ccccc2)NC1c1ccc2c(c1)C1(c3ccccc3N(c3ccccc3)c3ccccc31)c1ccc3ccccc3c1-2. The van der Waals surface area contributed by atoms with E-state index >= 15 is 0 Å². The lowest BCUT2D eigenvalue weighted by Crippen LogP contribution is -2.40. The molecule has 0 aromatic heterocycles. The van der Waals surface area contributed by atoms with Gasteiger partial charge >= 0.3 is 0 Å². The van der Waals surface area contributed by atoms with Crippen molar-refractivity contribution in [3.05, 3.63) is 263 Å². The second-order valence-electron chi connectivity index (χ2n) is 16.1. The monoisotopic (exact) mass is 767 g/mol. The third kappa shape index (κ3) is 5.26. The van der Waals surface area contributed by atoms with Crippen molar-refractivity contribution in [3.63, 3.8) is 0 Å². The average molecular weight is 768 g/mol. The minimum atomic E-state index is -0.561. The van der Waals surface area contributed by atoms with Crippen molar-refractivity contribution in [2.45, 2.75) is 17.6 Å². The average Bonchev–Trinajstić information content (AvgIpc) is 3.63. The van der Waals surface area contributed by atoms with Gasteiger partial charge in [-0.3, -0.25) is 5.32 Å². The maximum atomic E-state index is 4.03. The van der Waals surface area contributed by atoms with Gasteiger partial charge in [-0.2, -0.15) is 0 Å². The van der Waals surface area contributed by atoms with Crippen molar-refractivity contribution in [1.29, 1.82) is 0 Å². The summed E-state index contributed by atoms with van der Waals surface area (Å²) >= 11 is 0. The van der Waals surface area contributed by atoms with Gasteiger partial charge in [-0.1, -0.05) is 194 Å². The Morgan fingerprint density at radius 3 is 1.77 bits per heavy atom. The molecule has 0 saturated carbocycles. The molecule has 2 atom stereocenters. The fourth-order valence-corrected chi connectivity index (χ4v) is 10.3. The van der Waals surface area contributed by atoms with Gasteiger partial charge in [-0.05, 0) is 102 Å². The van der Waals surface area contributed by atoms with Crippen LogP contribution in [-0.4, -0.2) is 0 Å². The number of anilines is 3. The molecule has 0 fully saturated rings. The first kappa shape index (κ1) is 34.6. The summed E-state index contributed by atoms with van der Waals surface area (Å²) < 4.78 is 0. The lowest BCUT2D eigenvalue weighted by atomic mass is 9.64. The Labute approximate surface area is 350 Å². The van der Waals surface area contributed by atoms with Gasteiger partial charge in [0.05, 0.1) is 22.8 Å². The highest BCUT2D eigenvalue weighted by Gasteiger charge is 2.52. The Balaban J connectivity index is 1.08. The van der Waals surface area contributed by atoms with Crippen molar-refractivity contribution in [2.24, 2.45) is 0 Å². The highest BCUT2D eigenvalue weighted by Crippen LogP contribution is 2.64. The highest BCUT2D eigenvalue weighted by atomic mass is 15.2. The fourth-order valence-electron chi connectivity index (χ4n) is 10.3. The van der Waals surface area contributed by atoms with E-state index in [4.69, 9.17) is 0 Å². The molecule has 3 aliphatic rings. The number of nitrogens with zero attached hydrogens (tertiary/aromatic N) is 1. The van der Waals surface area contributed by atoms with Gasteiger partial charge in [0.2, 0.25) is 0 Å². The molecule has 1 spiro atoms. The van der Waals surface area contributed by atoms with Gasteiger partial charge in [0, 0.05) is 11.4 Å². The van der Waals surface area contributed by atoms with Crippen molar-refractivity contribution in [2.75, 3.05) is 4.90 Å². The van der Waals surface area contributed by atoms with Crippen LogP contribution < -0.4 is 15.5 Å². The Bertz CT molecular complexity index is 3050. The van der Waals surface area contributed by atoms with Crippen LogP contribution in [0.3, 0.4) is 0 Å². The molecule has 2 aliphatic heterocycles. The largest absolute Gasteiger partial charge is 0.366 e. The van der Waals surface area contributed by atoms with Crippen molar-refractivity contribution >= 4 is 33.5 Å². The second-order valence-corrected chi connectivity index (χ2v) is 16.1. The van der Waals surface area contributed by atoms with Crippen LogP contribution in [0, 0.1) is 0 Å². The molecular formula is C57H41N3. The van der Waals surface area contributed by atoms with Crippen LogP contribution in [0.1, 0.15) is 51.2 Å². The van der Waals surface area contributed by atoms with Crippen molar-refractivity contribution in [3.8, 4) is 22.3 Å². The highest BCUT2D eigenvalue weighted by molar-refractivity contribution is 6.06. The molecule has 12 rings (SSSR count). The summed E-state index contributed by atoms with van der Waals surface area (Å²) in [4.78, 5) is 2.45. The fraction of sp³-hybridized carbons (Fsp3) is 0.0526. The minimum Gasteiger partial charge on any atom is -0.366 e. The summed E-state index contributed by atoms with van der Waals surface area (Å²) in [5.74, 6) is 0. The van der Waals surface area contributed by atoms with Gasteiger partial charge in [-0.25, -0.2) is 0 Å². The molecule has 0 bridgehead atoms. The molecule has 1 aliphatic carbocycles. The maximum absolute atomic E-state index is 4.03. The summed E-state index contributed by atoms with van der Waals surface area (Å²) in [5.41, 5.74) is 17.9. The Morgan fingerprint density at radius 2 is 1.03 bits per heavy atom. The molecule has 2 N–H and O–H groups in total. The van der Waals surface area contributed by atoms with Crippen LogP contribution in [0.5, 0.6) is 0 Å². The molecule has 0 saturated heterocycles. The summed E-state index contributed by atoms with van der Waals surface area (Å²) in [6.45, 7) is 0. The Kier molecular flexibility index (Phi) is 7.97. The number of para-hydroxylation sites is 3. The zero-order valence-corrected chi connectivity index (χ0v) is 33.0. The summed E-state index contributed by atoms with van der Waals surface area (Å²) in [5, 5.41) is 10.4. The van der Waals surface area contributed by atoms with Crippen LogP contribution in [-0.2, 0) is 5.41 Å². The molecule has 284 valence electrons. The van der Waals surface area contributed by atoms with Gasteiger partial charge in [0.25, 0.3) is 0 Å². The molecular weight excluding hydrogens is 727 g/mol. The van der Waals surface area contributed by atoms with Gasteiger partial charge in [-0.15, -0.1) is 0 Å². The number of hydrogen-bond donors (Lipinski definition) is 2. The normalized spacial score (nSPS) is 16.9. The molecule has 3 heteroatoms. The third-order valence-electron chi connectivity index (χ3n) is 12.9. The quantitative estimate of drug-likeness (QED) is 0.183. The first-order valence-electron chi connectivity index (χ1n) is 20.9. The Morgan fingerprint density at radius 1 is 0.433 bits per heavy atom. The molecule has 0 radical (unpaired) electrons. The van der Waals surface area contributed by atoms with Gasteiger partial charge in [0.1, 0.15) is 6.17 Å². The first-order chi connectivity index (χ1) is 29.8. The third-order valence-corrected chi connectivity index (χ3v) is 12.9. The minimum absolute atomic E-state index is 0.0713. The predicted octanol–water partition coefficient (Wildman–Crippen LogP) is 13.6. The van der Waals surface area contributed by atoms with E-state index in [0.29, 0.717) is 0 Å². The standard InChI is InChI=1S/C57H41N3/c1-4-16-38(17-5-1)39-28-30-41(31-29-39)51-37-52(59-56(58-51)42-19-6-2-7-20-42)43-32-34-46-50(36-43)57(49-35-33-40-18-10-11-23-45(40)55(46)49)47-24-12-14-26-53(47)60(44-21-8-3-9-22-44)54-27-15-13-25-48(54)57/h1-37,52,56,58-59H. The van der Waals surface area contributed by atoms with Crippen LogP contribution in [0.4, 0.5) is 17.1 Å². The summed E-state index contributed by atoms with van der Waals surface area (Å²) in [6, 6.07) is 80.1. The van der Waals surface area contributed by atoms with Crippen LogP contribution in [0.2, 0.25) is 0 Å². The van der Waals surface area contributed by atoms with Crippen LogP contribution >= 0.6 is 0 Å². The number of fused-ring (bicyclic) bond motifs is 11. The molecule has 60 heavy (non-hydrogen) atoms. The lowest BCUT2D eigenvalue weighted by molar-refractivity contribution is 0.442.